The maximum absolute atomic E-state index is 12.1. The number of para-hydroxylation sites is 2. The molecule has 0 bridgehead atoms. The molecule has 1 aromatic heterocycles. The van der Waals surface area contributed by atoms with Gasteiger partial charge in [-0.3, -0.25) is 9.36 Å². The number of aromatic amines is 1. The standard InChI is InChI=1S/C16H14IN3O2/c1-10(21)18-13-7-6-11(8-12(13)17)9-20-15-5-3-2-4-14(15)19-16(20)22/h2-8H,9H2,1H3,(H,18,21)(H,19,22). The van der Waals surface area contributed by atoms with Crippen molar-refractivity contribution in [1.29, 1.82) is 0 Å². The number of carbonyl (C=O) groups is 1. The summed E-state index contributed by atoms with van der Waals surface area (Å²) in [6, 6.07) is 13.4. The van der Waals surface area contributed by atoms with Crippen molar-refractivity contribution in [2.45, 2.75) is 13.5 Å². The quantitative estimate of drug-likeness (QED) is 0.656. The highest BCUT2D eigenvalue weighted by molar-refractivity contribution is 14.1. The number of nitrogens with zero attached hydrogens (tertiary/aromatic N) is 1. The van der Waals surface area contributed by atoms with Gasteiger partial charge in [-0.2, -0.15) is 0 Å². The summed E-state index contributed by atoms with van der Waals surface area (Å²) in [5, 5.41) is 2.78. The average molecular weight is 407 g/mol. The first-order valence-corrected chi connectivity index (χ1v) is 7.86. The van der Waals surface area contributed by atoms with Crippen LogP contribution in [0.15, 0.2) is 47.3 Å². The van der Waals surface area contributed by atoms with Crippen LogP contribution < -0.4 is 11.0 Å². The minimum Gasteiger partial charge on any atom is -0.325 e. The number of anilines is 1. The van der Waals surface area contributed by atoms with E-state index in [4.69, 9.17) is 0 Å². The van der Waals surface area contributed by atoms with E-state index in [0.717, 1.165) is 25.9 Å². The zero-order valence-electron chi connectivity index (χ0n) is 11.9. The van der Waals surface area contributed by atoms with Crippen molar-refractivity contribution >= 4 is 45.2 Å². The fraction of sp³-hybridized carbons (Fsp3) is 0.125. The fourth-order valence-corrected chi connectivity index (χ4v) is 3.11. The third-order valence-corrected chi connectivity index (χ3v) is 4.26. The minimum atomic E-state index is -0.123. The Morgan fingerprint density at radius 2 is 2.05 bits per heavy atom. The third kappa shape index (κ3) is 2.92. The molecule has 3 aromatic rings. The molecular formula is C16H14IN3O2. The van der Waals surface area contributed by atoms with Gasteiger partial charge in [-0.05, 0) is 52.4 Å². The van der Waals surface area contributed by atoms with E-state index in [1.807, 2.05) is 42.5 Å². The zero-order chi connectivity index (χ0) is 15.7. The Balaban J connectivity index is 1.95. The van der Waals surface area contributed by atoms with Gasteiger partial charge in [0.05, 0.1) is 23.3 Å². The number of carbonyl (C=O) groups excluding carboxylic acids is 1. The first-order valence-electron chi connectivity index (χ1n) is 6.78. The topological polar surface area (TPSA) is 66.9 Å². The van der Waals surface area contributed by atoms with Gasteiger partial charge in [0, 0.05) is 10.5 Å². The van der Waals surface area contributed by atoms with Crippen molar-refractivity contribution in [3.8, 4) is 0 Å². The largest absolute Gasteiger partial charge is 0.326 e. The van der Waals surface area contributed by atoms with Crippen LogP contribution in [-0.4, -0.2) is 15.5 Å². The summed E-state index contributed by atoms with van der Waals surface area (Å²) in [6.07, 6.45) is 0. The molecule has 0 spiro atoms. The molecule has 0 unspecified atom stereocenters. The van der Waals surface area contributed by atoms with Crippen LogP contribution in [0.3, 0.4) is 0 Å². The molecule has 0 radical (unpaired) electrons. The van der Waals surface area contributed by atoms with Gasteiger partial charge in [-0.15, -0.1) is 0 Å². The third-order valence-electron chi connectivity index (χ3n) is 3.37. The molecule has 0 fully saturated rings. The summed E-state index contributed by atoms with van der Waals surface area (Å²) in [4.78, 5) is 26.1. The van der Waals surface area contributed by atoms with E-state index in [1.54, 1.807) is 4.57 Å². The molecule has 2 N–H and O–H groups in total. The number of hydrogen-bond acceptors (Lipinski definition) is 2. The molecule has 1 heterocycles. The molecule has 112 valence electrons. The van der Waals surface area contributed by atoms with E-state index in [9.17, 15) is 9.59 Å². The van der Waals surface area contributed by atoms with Gasteiger partial charge in [-0.25, -0.2) is 4.79 Å². The van der Waals surface area contributed by atoms with Crippen LogP contribution in [0.4, 0.5) is 5.69 Å². The molecule has 0 saturated carbocycles. The summed E-state index contributed by atoms with van der Waals surface area (Å²) >= 11 is 2.18. The number of imidazole rings is 1. The summed E-state index contributed by atoms with van der Waals surface area (Å²) in [5.74, 6) is -0.0986. The lowest BCUT2D eigenvalue weighted by Crippen LogP contribution is -2.17. The predicted molar refractivity (Wildman–Crippen MR) is 95.1 cm³/mol. The Morgan fingerprint density at radius 3 is 2.77 bits per heavy atom. The van der Waals surface area contributed by atoms with Gasteiger partial charge in [0.25, 0.3) is 0 Å². The molecule has 0 aliphatic heterocycles. The number of aromatic nitrogens is 2. The highest BCUT2D eigenvalue weighted by Gasteiger charge is 2.08. The molecule has 0 atom stereocenters. The molecule has 3 rings (SSSR count). The number of halogens is 1. The van der Waals surface area contributed by atoms with Crippen LogP contribution in [0.2, 0.25) is 0 Å². The molecule has 1 amide bonds. The second-order valence-electron chi connectivity index (χ2n) is 5.03. The van der Waals surface area contributed by atoms with E-state index >= 15 is 0 Å². The van der Waals surface area contributed by atoms with Crippen molar-refractivity contribution in [2.24, 2.45) is 0 Å². The molecule has 5 nitrogen and oxygen atoms in total. The maximum Gasteiger partial charge on any atom is 0.326 e. The lowest BCUT2D eigenvalue weighted by atomic mass is 10.2. The Kier molecular flexibility index (Phi) is 4.02. The smallest absolute Gasteiger partial charge is 0.325 e. The highest BCUT2D eigenvalue weighted by Crippen LogP contribution is 2.21. The second kappa shape index (κ2) is 5.96. The summed E-state index contributed by atoms with van der Waals surface area (Å²) in [5.41, 5.74) is 3.38. The number of hydrogen-bond donors (Lipinski definition) is 2. The molecule has 2 aromatic carbocycles. The number of H-pyrrole nitrogens is 1. The molecule has 6 heteroatoms. The Bertz CT molecular complexity index is 911. The zero-order valence-corrected chi connectivity index (χ0v) is 14.0. The van der Waals surface area contributed by atoms with E-state index < -0.39 is 0 Å². The lowest BCUT2D eigenvalue weighted by Gasteiger charge is -2.09. The van der Waals surface area contributed by atoms with Gasteiger partial charge in [0.15, 0.2) is 0 Å². The van der Waals surface area contributed by atoms with Crippen LogP contribution >= 0.6 is 22.6 Å². The van der Waals surface area contributed by atoms with Crippen LogP contribution in [0, 0.1) is 3.57 Å². The van der Waals surface area contributed by atoms with Crippen molar-refractivity contribution in [3.05, 3.63) is 62.1 Å². The summed E-state index contributed by atoms with van der Waals surface area (Å²) in [7, 11) is 0. The van der Waals surface area contributed by atoms with Gasteiger partial charge >= 0.3 is 5.69 Å². The molecule has 0 saturated heterocycles. The molecular weight excluding hydrogens is 393 g/mol. The Morgan fingerprint density at radius 1 is 1.27 bits per heavy atom. The van der Waals surface area contributed by atoms with Gasteiger partial charge in [-0.1, -0.05) is 18.2 Å². The second-order valence-corrected chi connectivity index (χ2v) is 6.19. The fourth-order valence-electron chi connectivity index (χ4n) is 2.39. The van der Waals surface area contributed by atoms with Gasteiger partial charge in [0.2, 0.25) is 5.91 Å². The van der Waals surface area contributed by atoms with Crippen molar-refractivity contribution in [2.75, 3.05) is 5.32 Å². The van der Waals surface area contributed by atoms with Gasteiger partial charge < -0.3 is 10.3 Å². The number of nitrogens with one attached hydrogen (secondary N) is 2. The van der Waals surface area contributed by atoms with Crippen LogP contribution in [-0.2, 0) is 11.3 Å². The average Bonchev–Trinajstić information content (AvgIpc) is 2.78. The molecule has 22 heavy (non-hydrogen) atoms. The summed E-state index contributed by atoms with van der Waals surface area (Å²) < 4.78 is 2.65. The molecule has 0 aliphatic carbocycles. The number of rotatable bonds is 3. The van der Waals surface area contributed by atoms with E-state index in [0.29, 0.717) is 6.54 Å². The van der Waals surface area contributed by atoms with Crippen LogP contribution in [0.1, 0.15) is 12.5 Å². The molecule has 0 aliphatic rings. The highest BCUT2D eigenvalue weighted by atomic mass is 127. The van der Waals surface area contributed by atoms with E-state index in [1.165, 1.54) is 6.92 Å². The van der Waals surface area contributed by atoms with Crippen LogP contribution in [0.5, 0.6) is 0 Å². The Labute approximate surface area is 140 Å². The van der Waals surface area contributed by atoms with Crippen molar-refractivity contribution < 1.29 is 4.79 Å². The number of benzene rings is 2. The number of fused-ring (bicyclic) bond motifs is 1. The predicted octanol–water partition coefficient (Wildman–Crippen LogP) is 2.94. The normalized spacial score (nSPS) is 10.8. The first-order chi connectivity index (χ1) is 10.5. The summed E-state index contributed by atoms with van der Waals surface area (Å²) in [6.45, 7) is 1.97. The number of amides is 1. The van der Waals surface area contributed by atoms with Gasteiger partial charge in [0.1, 0.15) is 0 Å². The monoisotopic (exact) mass is 407 g/mol. The first kappa shape index (κ1) is 14.8. The van der Waals surface area contributed by atoms with E-state index in [-0.39, 0.29) is 11.6 Å². The Hall–Kier alpha value is -2.09. The minimum absolute atomic E-state index is 0.0986. The van der Waals surface area contributed by atoms with Crippen molar-refractivity contribution in [1.82, 2.24) is 9.55 Å². The van der Waals surface area contributed by atoms with E-state index in [2.05, 4.69) is 32.9 Å². The maximum atomic E-state index is 12.1. The van der Waals surface area contributed by atoms with Crippen LogP contribution in [0.25, 0.3) is 11.0 Å². The lowest BCUT2D eigenvalue weighted by molar-refractivity contribution is -0.114. The van der Waals surface area contributed by atoms with Crippen molar-refractivity contribution in [3.63, 3.8) is 0 Å². The SMILES string of the molecule is CC(=O)Nc1ccc(Cn2c(=O)[nH]c3ccccc32)cc1I.